The summed E-state index contributed by atoms with van der Waals surface area (Å²) in [6.07, 6.45) is 1.70. The van der Waals surface area contributed by atoms with Crippen LogP contribution in [0.5, 0.6) is 5.75 Å². The molecule has 0 saturated carbocycles. The molecule has 154 valence electrons. The lowest BCUT2D eigenvalue weighted by molar-refractivity contribution is 0.0846. The van der Waals surface area contributed by atoms with Crippen molar-refractivity contribution < 1.29 is 22.7 Å². The molecule has 2 amide bonds. The zero-order valence-electron chi connectivity index (χ0n) is 15.6. The van der Waals surface area contributed by atoms with Gasteiger partial charge in [-0.05, 0) is 71.2 Å². The van der Waals surface area contributed by atoms with E-state index in [-0.39, 0.29) is 16.0 Å². The largest absolute Gasteiger partial charge is 0.497 e. The van der Waals surface area contributed by atoms with Crippen molar-refractivity contribution in [3.8, 4) is 5.75 Å². The summed E-state index contributed by atoms with van der Waals surface area (Å²) in [5, 5.41) is 0. The number of methoxy groups -OCH3 is 1. The van der Waals surface area contributed by atoms with Crippen LogP contribution in [0.15, 0.2) is 51.8 Å². The number of sulfonamides is 1. The molecule has 2 aromatic carbocycles. The highest BCUT2D eigenvalue weighted by atomic mass is 79.9. The van der Waals surface area contributed by atoms with Crippen molar-refractivity contribution in [2.24, 2.45) is 0 Å². The van der Waals surface area contributed by atoms with Gasteiger partial charge in [-0.15, -0.1) is 0 Å². The van der Waals surface area contributed by atoms with Crippen LogP contribution in [0.1, 0.15) is 33.6 Å². The maximum absolute atomic E-state index is 12.5. The van der Waals surface area contributed by atoms with Gasteiger partial charge in [0.25, 0.3) is 11.8 Å². The molecule has 1 aliphatic rings. The number of ether oxygens (including phenoxy) is 1. The minimum absolute atomic E-state index is 0.139. The summed E-state index contributed by atoms with van der Waals surface area (Å²) in [5.74, 6) is -0.598. The number of amides is 2. The molecule has 0 spiro atoms. The molecule has 1 heterocycles. The molecule has 3 rings (SSSR count). The van der Waals surface area contributed by atoms with Gasteiger partial charge in [0.05, 0.1) is 17.6 Å². The van der Waals surface area contributed by atoms with Gasteiger partial charge in [0.1, 0.15) is 5.75 Å². The van der Waals surface area contributed by atoms with Gasteiger partial charge in [0, 0.05) is 23.1 Å². The summed E-state index contributed by atoms with van der Waals surface area (Å²) in [6.45, 7) is 1.02. The summed E-state index contributed by atoms with van der Waals surface area (Å²) in [5.41, 5.74) is 5.15. The average molecular weight is 482 g/mol. The third-order valence-electron chi connectivity index (χ3n) is 4.53. The number of hydrazine groups is 1. The molecule has 0 radical (unpaired) electrons. The first kappa shape index (κ1) is 21.3. The van der Waals surface area contributed by atoms with Gasteiger partial charge in [-0.2, -0.15) is 4.31 Å². The number of carbonyl (C=O) groups excluding carboxylic acids is 2. The van der Waals surface area contributed by atoms with Crippen molar-refractivity contribution in [1.82, 2.24) is 15.2 Å². The molecule has 2 N–H and O–H groups in total. The third-order valence-corrected chi connectivity index (χ3v) is 7.13. The van der Waals surface area contributed by atoms with Crippen molar-refractivity contribution >= 4 is 37.8 Å². The second-order valence-electron chi connectivity index (χ2n) is 6.39. The van der Waals surface area contributed by atoms with E-state index in [0.29, 0.717) is 23.3 Å². The van der Waals surface area contributed by atoms with Crippen LogP contribution in [0.3, 0.4) is 0 Å². The van der Waals surface area contributed by atoms with E-state index >= 15 is 0 Å². The van der Waals surface area contributed by atoms with E-state index in [4.69, 9.17) is 4.74 Å². The van der Waals surface area contributed by atoms with Crippen LogP contribution < -0.4 is 15.6 Å². The van der Waals surface area contributed by atoms with E-state index < -0.39 is 21.8 Å². The van der Waals surface area contributed by atoms with Crippen LogP contribution in [-0.2, 0) is 10.0 Å². The molecular weight excluding hydrogens is 462 g/mol. The SMILES string of the molecule is COc1ccc(Br)c(C(=O)NNC(=O)c2ccc(S(=O)(=O)N3CCCC3)cc2)c1. The lowest BCUT2D eigenvalue weighted by Gasteiger charge is -2.15. The Balaban J connectivity index is 1.65. The van der Waals surface area contributed by atoms with Crippen LogP contribution in [0.2, 0.25) is 0 Å². The topological polar surface area (TPSA) is 105 Å². The first-order valence-electron chi connectivity index (χ1n) is 8.87. The van der Waals surface area contributed by atoms with Gasteiger partial charge in [0.2, 0.25) is 10.0 Å². The fraction of sp³-hybridized carbons (Fsp3) is 0.263. The molecule has 0 unspecified atom stereocenters. The zero-order valence-corrected chi connectivity index (χ0v) is 18.0. The fourth-order valence-corrected chi connectivity index (χ4v) is 4.86. The number of carbonyl (C=O) groups is 2. The average Bonchev–Trinajstić information content (AvgIpc) is 3.28. The number of hydrogen-bond acceptors (Lipinski definition) is 5. The summed E-state index contributed by atoms with van der Waals surface area (Å²) in [7, 11) is -2.05. The first-order chi connectivity index (χ1) is 13.8. The maximum Gasteiger partial charge on any atom is 0.270 e. The Morgan fingerprint density at radius 3 is 2.24 bits per heavy atom. The predicted octanol–water partition coefficient (Wildman–Crippen LogP) is 2.32. The fourth-order valence-electron chi connectivity index (χ4n) is 2.91. The van der Waals surface area contributed by atoms with E-state index in [2.05, 4.69) is 26.8 Å². The third kappa shape index (κ3) is 4.77. The Morgan fingerprint density at radius 1 is 1.00 bits per heavy atom. The molecule has 29 heavy (non-hydrogen) atoms. The summed E-state index contributed by atoms with van der Waals surface area (Å²) < 4.78 is 32.1. The number of nitrogens with zero attached hydrogens (tertiary/aromatic N) is 1. The summed E-state index contributed by atoms with van der Waals surface area (Å²) in [6, 6.07) is 10.5. The molecule has 0 atom stereocenters. The molecule has 0 bridgehead atoms. The highest BCUT2D eigenvalue weighted by Gasteiger charge is 2.27. The number of hydrogen-bond donors (Lipinski definition) is 2. The standard InChI is InChI=1S/C19H20BrN3O5S/c1-28-14-6-9-17(20)16(12-14)19(25)22-21-18(24)13-4-7-15(8-5-13)29(26,27)23-10-2-3-11-23/h4-9,12H,2-3,10-11H2,1H3,(H,21,24)(H,22,25). The Labute approximate surface area is 177 Å². The minimum Gasteiger partial charge on any atom is -0.497 e. The second kappa shape index (κ2) is 8.93. The summed E-state index contributed by atoms with van der Waals surface area (Å²) >= 11 is 3.28. The van der Waals surface area contributed by atoms with E-state index in [9.17, 15) is 18.0 Å². The van der Waals surface area contributed by atoms with Crippen LogP contribution in [0, 0.1) is 0 Å². The Kier molecular flexibility index (Phi) is 6.56. The molecule has 10 heteroatoms. The molecule has 2 aromatic rings. The molecule has 1 fully saturated rings. The lowest BCUT2D eigenvalue weighted by atomic mass is 10.2. The van der Waals surface area contributed by atoms with Gasteiger partial charge in [-0.25, -0.2) is 8.42 Å². The van der Waals surface area contributed by atoms with E-state index in [1.807, 2.05) is 0 Å². The van der Waals surface area contributed by atoms with Crippen LogP contribution in [0.4, 0.5) is 0 Å². The second-order valence-corrected chi connectivity index (χ2v) is 9.18. The van der Waals surface area contributed by atoms with Gasteiger partial charge < -0.3 is 4.74 Å². The van der Waals surface area contributed by atoms with Crippen molar-refractivity contribution in [1.29, 1.82) is 0 Å². The van der Waals surface area contributed by atoms with Crippen LogP contribution >= 0.6 is 15.9 Å². The lowest BCUT2D eigenvalue weighted by Crippen LogP contribution is -2.41. The summed E-state index contributed by atoms with van der Waals surface area (Å²) in [4.78, 5) is 24.7. The number of halogens is 1. The highest BCUT2D eigenvalue weighted by molar-refractivity contribution is 9.10. The highest BCUT2D eigenvalue weighted by Crippen LogP contribution is 2.23. The molecule has 0 aromatic heterocycles. The Hall–Kier alpha value is -2.43. The monoisotopic (exact) mass is 481 g/mol. The van der Waals surface area contributed by atoms with Crippen molar-refractivity contribution in [2.45, 2.75) is 17.7 Å². The quantitative estimate of drug-likeness (QED) is 0.637. The maximum atomic E-state index is 12.5. The van der Waals surface area contributed by atoms with Crippen molar-refractivity contribution in [3.05, 3.63) is 58.1 Å². The molecule has 1 saturated heterocycles. The normalized spacial score (nSPS) is 14.4. The Morgan fingerprint density at radius 2 is 1.62 bits per heavy atom. The van der Waals surface area contributed by atoms with E-state index in [1.165, 1.54) is 41.7 Å². The number of benzene rings is 2. The van der Waals surface area contributed by atoms with Crippen molar-refractivity contribution in [2.75, 3.05) is 20.2 Å². The van der Waals surface area contributed by atoms with Crippen LogP contribution in [-0.4, -0.2) is 44.7 Å². The van der Waals surface area contributed by atoms with Gasteiger partial charge in [0.15, 0.2) is 0 Å². The minimum atomic E-state index is -3.54. The number of nitrogens with one attached hydrogen (secondary N) is 2. The molecular formula is C19H20BrN3O5S. The molecule has 0 aliphatic carbocycles. The number of rotatable bonds is 5. The van der Waals surface area contributed by atoms with E-state index in [1.54, 1.807) is 12.1 Å². The zero-order chi connectivity index (χ0) is 21.0. The smallest absolute Gasteiger partial charge is 0.270 e. The van der Waals surface area contributed by atoms with Gasteiger partial charge in [-0.1, -0.05) is 0 Å². The van der Waals surface area contributed by atoms with E-state index in [0.717, 1.165) is 12.8 Å². The van der Waals surface area contributed by atoms with Crippen molar-refractivity contribution in [3.63, 3.8) is 0 Å². The first-order valence-corrected chi connectivity index (χ1v) is 11.1. The molecule has 8 nitrogen and oxygen atoms in total. The van der Waals surface area contributed by atoms with Gasteiger partial charge >= 0.3 is 0 Å². The van der Waals surface area contributed by atoms with Crippen LogP contribution in [0.25, 0.3) is 0 Å². The van der Waals surface area contributed by atoms with Gasteiger partial charge in [-0.3, -0.25) is 20.4 Å². The molecule has 1 aliphatic heterocycles. The Bertz CT molecular complexity index is 1020. The predicted molar refractivity (Wildman–Crippen MR) is 110 cm³/mol.